The van der Waals surface area contributed by atoms with Crippen molar-refractivity contribution in [1.29, 1.82) is 0 Å². The van der Waals surface area contributed by atoms with Crippen LogP contribution in [-0.2, 0) is 0 Å². The van der Waals surface area contributed by atoms with Gasteiger partial charge < -0.3 is 10.2 Å². The predicted molar refractivity (Wildman–Crippen MR) is 101 cm³/mol. The largest absolute Gasteiger partial charge is 0.355 e. The van der Waals surface area contributed by atoms with E-state index in [0.717, 1.165) is 54.2 Å². The smallest absolute Gasteiger partial charge is 0.147 e. The van der Waals surface area contributed by atoms with Gasteiger partial charge in [-0.25, -0.2) is 19.9 Å². The summed E-state index contributed by atoms with van der Waals surface area (Å²) in [6, 6.07) is 7.84. The van der Waals surface area contributed by atoms with Gasteiger partial charge in [0, 0.05) is 48.9 Å². The van der Waals surface area contributed by atoms with Crippen molar-refractivity contribution in [2.75, 3.05) is 23.3 Å². The van der Waals surface area contributed by atoms with Gasteiger partial charge in [-0.05, 0) is 32.4 Å². The molecule has 7 heteroatoms. The van der Waals surface area contributed by atoms with Crippen molar-refractivity contribution < 1.29 is 0 Å². The molecule has 3 aromatic rings. The van der Waals surface area contributed by atoms with Crippen molar-refractivity contribution in [1.82, 2.24) is 24.9 Å². The number of nitrogens with zero attached hydrogens (tertiary/aromatic N) is 6. The van der Waals surface area contributed by atoms with Crippen molar-refractivity contribution in [3.05, 3.63) is 60.1 Å². The molecule has 1 aliphatic heterocycles. The molecule has 0 spiro atoms. The third-order valence-electron chi connectivity index (χ3n) is 4.44. The zero-order valence-electron chi connectivity index (χ0n) is 14.9. The van der Waals surface area contributed by atoms with Crippen LogP contribution in [0.25, 0.3) is 0 Å². The Morgan fingerprint density at radius 3 is 2.77 bits per heavy atom. The number of aryl methyl sites for hydroxylation is 2. The lowest BCUT2D eigenvalue weighted by Gasteiger charge is -2.16. The van der Waals surface area contributed by atoms with E-state index in [2.05, 4.69) is 30.2 Å². The van der Waals surface area contributed by atoms with Gasteiger partial charge in [-0.2, -0.15) is 0 Å². The second-order valence-electron chi connectivity index (χ2n) is 6.54. The average Bonchev–Trinajstić information content (AvgIpc) is 3.12. The van der Waals surface area contributed by atoms with Crippen molar-refractivity contribution >= 4 is 17.5 Å². The molecule has 1 saturated heterocycles. The van der Waals surface area contributed by atoms with Crippen LogP contribution in [0.2, 0.25) is 0 Å². The SMILES string of the molecule is Cc1cccc(Nc2cc(C)nc(C3CCN(c4cnccn4)C3)n2)n1. The Kier molecular flexibility index (Phi) is 4.43. The van der Waals surface area contributed by atoms with Crippen LogP contribution in [-0.4, -0.2) is 38.0 Å². The van der Waals surface area contributed by atoms with Crippen LogP contribution in [0, 0.1) is 13.8 Å². The molecule has 0 aromatic carbocycles. The van der Waals surface area contributed by atoms with Crippen molar-refractivity contribution in [3.8, 4) is 0 Å². The molecule has 26 heavy (non-hydrogen) atoms. The second kappa shape index (κ2) is 7.03. The first-order valence-corrected chi connectivity index (χ1v) is 8.74. The fraction of sp³-hybridized carbons (Fsp3) is 0.316. The molecule has 1 fully saturated rings. The van der Waals surface area contributed by atoms with Gasteiger partial charge in [0.1, 0.15) is 23.3 Å². The first-order chi connectivity index (χ1) is 12.7. The lowest BCUT2D eigenvalue weighted by molar-refractivity contribution is 0.705. The highest BCUT2D eigenvalue weighted by atomic mass is 15.2. The number of nitrogens with one attached hydrogen (secondary N) is 1. The summed E-state index contributed by atoms with van der Waals surface area (Å²) < 4.78 is 0. The van der Waals surface area contributed by atoms with Gasteiger partial charge >= 0.3 is 0 Å². The summed E-state index contributed by atoms with van der Waals surface area (Å²) in [5.41, 5.74) is 1.92. The molecule has 1 atom stereocenters. The van der Waals surface area contributed by atoms with E-state index in [9.17, 15) is 0 Å². The highest BCUT2D eigenvalue weighted by Gasteiger charge is 2.27. The molecular formula is C19H21N7. The zero-order chi connectivity index (χ0) is 17.9. The third-order valence-corrected chi connectivity index (χ3v) is 4.44. The van der Waals surface area contributed by atoms with Crippen molar-refractivity contribution in [2.24, 2.45) is 0 Å². The summed E-state index contributed by atoms with van der Waals surface area (Å²) in [6.45, 7) is 5.75. The molecular weight excluding hydrogens is 326 g/mol. The van der Waals surface area contributed by atoms with Gasteiger partial charge in [0.05, 0.1) is 6.20 Å². The van der Waals surface area contributed by atoms with Crippen LogP contribution >= 0.6 is 0 Å². The first kappa shape index (κ1) is 16.4. The molecule has 1 N–H and O–H groups in total. The van der Waals surface area contributed by atoms with E-state index in [0.29, 0.717) is 0 Å². The fourth-order valence-electron chi connectivity index (χ4n) is 3.22. The van der Waals surface area contributed by atoms with Crippen LogP contribution in [0.4, 0.5) is 17.5 Å². The van der Waals surface area contributed by atoms with E-state index >= 15 is 0 Å². The molecule has 0 amide bonds. The number of rotatable bonds is 4. The molecule has 7 nitrogen and oxygen atoms in total. The number of anilines is 3. The molecule has 0 saturated carbocycles. The monoisotopic (exact) mass is 347 g/mol. The maximum atomic E-state index is 4.74. The zero-order valence-corrected chi connectivity index (χ0v) is 14.9. The van der Waals surface area contributed by atoms with E-state index in [-0.39, 0.29) is 5.92 Å². The molecule has 4 heterocycles. The second-order valence-corrected chi connectivity index (χ2v) is 6.54. The maximum absolute atomic E-state index is 4.74. The number of hydrogen-bond acceptors (Lipinski definition) is 7. The lowest BCUT2D eigenvalue weighted by Crippen LogP contribution is -2.21. The van der Waals surface area contributed by atoms with Crippen LogP contribution in [0.5, 0.6) is 0 Å². The van der Waals surface area contributed by atoms with Gasteiger partial charge in [-0.3, -0.25) is 4.98 Å². The summed E-state index contributed by atoms with van der Waals surface area (Å²) in [4.78, 5) is 24.7. The Hall–Kier alpha value is -3.09. The van der Waals surface area contributed by atoms with Crippen molar-refractivity contribution in [2.45, 2.75) is 26.2 Å². The van der Waals surface area contributed by atoms with Crippen LogP contribution in [0.3, 0.4) is 0 Å². The fourth-order valence-corrected chi connectivity index (χ4v) is 3.22. The van der Waals surface area contributed by atoms with Gasteiger partial charge in [0.15, 0.2) is 0 Å². The van der Waals surface area contributed by atoms with E-state index in [1.165, 1.54) is 0 Å². The summed E-state index contributed by atoms with van der Waals surface area (Å²) in [7, 11) is 0. The molecule has 3 aromatic heterocycles. The maximum Gasteiger partial charge on any atom is 0.147 e. The highest BCUT2D eigenvalue weighted by molar-refractivity contribution is 5.52. The molecule has 1 aliphatic rings. The summed E-state index contributed by atoms with van der Waals surface area (Å²) in [5.74, 6) is 3.63. The molecule has 0 bridgehead atoms. The highest BCUT2D eigenvalue weighted by Crippen LogP contribution is 2.28. The van der Waals surface area contributed by atoms with Gasteiger partial charge in [0.25, 0.3) is 0 Å². The van der Waals surface area contributed by atoms with E-state index in [1.807, 2.05) is 38.1 Å². The summed E-state index contributed by atoms with van der Waals surface area (Å²) >= 11 is 0. The number of aromatic nitrogens is 5. The molecule has 1 unspecified atom stereocenters. The third kappa shape index (κ3) is 3.61. The minimum absolute atomic E-state index is 0.280. The average molecular weight is 347 g/mol. The van der Waals surface area contributed by atoms with E-state index < -0.39 is 0 Å². The van der Waals surface area contributed by atoms with E-state index in [4.69, 9.17) is 4.98 Å². The summed E-state index contributed by atoms with van der Waals surface area (Å²) in [5, 5.41) is 3.29. The Morgan fingerprint density at radius 2 is 1.96 bits per heavy atom. The summed E-state index contributed by atoms with van der Waals surface area (Å²) in [6.07, 6.45) is 6.22. The Morgan fingerprint density at radius 1 is 1.04 bits per heavy atom. The normalized spacial score (nSPS) is 16.7. The van der Waals surface area contributed by atoms with Crippen LogP contribution < -0.4 is 10.2 Å². The van der Waals surface area contributed by atoms with Gasteiger partial charge in [-0.1, -0.05) is 6.07 Å². The quantitative estimate of drug-likeness (QED) is 0.777. The molecule has 0 radical (unpaired) electrons. The Labute approximate surface area is 152 Å². The topological polar surface area (TPSA) is 79.7 Å². The minimum Gasteiger partial charge on any atom is -0.355 e. The van der Waals surface area contributed by atoms with Crippen molar-refractivity contribution in [3.63, 3.8) is 0 Å². The standard InChI is InChI=1S/C19H21N7/c1-13-4-3-5-16(22-13)24-17-10-14(2)23-19(25-17)15-6-9-26(12-15)18-11-20-7-8-21-18/h3-5,7-8,10-11,15H,6,9,12H2,1-2H3,(H,22,23,24,25). The lowest BCUT2D eigenvalue weighted by atomic mass is 10.1. The molecule has 0 aliphatic carbocycles. The van der Waals surface area contributed by atoms with Gasteiger partial charge in [-0.15, -0.1) is 0 Å². The number of hydrogen-bond donors (Lipinski definition) is 1. The molecule has 4 rings (SSSR count). The van der Waals surface area contributed by atoms with Gasteiger partial charge in [0.2, 0.25) is 0 Å². The van der Waals surface area contributed by atoms with E-state index in [1.54, 1.807) is 18.6 Å². The Bertz CT molecular complexity index is 897. The number of pyridine rings is 1. The molecule has 132 valence electrons. The first-order valence-electron chi connectivity index (χ1n) is 8.74. The van der Waals surface area contributed by atoms with Crippen LogP contribution in [0.1, 0.15) is 29.6 Å². The minimum atomic E-state index is 0.280. The predicted octanol–water partition coefficient (Wildman–Crippen LogP) is 3.02. The van der Waals surface area contributed by atoms with Crippen LogP contribution in [0.15, 0.2) is 42.9 Å². The Balaban J connectivity index is 1.53.